The molecule has 7 heteroatoms. The van der Waals surface area contributed by atoms with Gasteiger partial charge in [0.2, 0.25) is 0 Å². The normalized spacial score (nSPS) is 10.4. The van der Waals surface area contributed by atoms with Crippen molar-refractivity contribution in [2.24, 2.45) is 0 Å². The van der Waals surface area contributed by atoms with E-state index in [9.17, 15) is 8.42 Å². The molecule has 0 heterocycles. The van der Waals surface area contributed by atoms with Gasteiger partial charge in [0, 0.05) is 6.07 Å². The molecule has 2 N–H and O–H groups in total. The second-order valence-corrected chi connectivity index (χ2v) is 3.73. The Labute approximate surface area is 124 Å². The van der Waals surface area contributed by atoms with Gasteiger partial charge >= 0.3 is 51.4 Å². The summed E-state index contributed by atoms with van der Waals surface area (Å²) in [4.78, 5) is -0.370. The van der Waals surface area contributed by atoms with E-state index in [0.717, 1.165) is 12.1 Å². The van der Waals surface area contributed by atoms with Gasteiger partial charge in [-0.25, -0.2) is 0 Å². The first kappa shape index (κ1) is 14.4. The van der Waals surface area contributed by atoms with Crippen LogP contribution in [0.4, 0.5) is 0 Å². The van der Waals surface area contributed by atoms with Gasteiger partial charge in [0.15, 0.2) is 11.5 Å². The monoisotopic (exact) mass is 244 g/mol. The number of aromatic hydroxyl groups is 1. The van der Waals surface area contributed by atoms with Crippen molar-refractivity contribution in [2.75, 3.05) is 7.11 Å². The Hall–Kier alpha value is 0.366. The van der Waals surface area contributed by atoms with E-state index < -0.39 is 10.1 Å². The van der Waals surface area contributed by atoms with Gasteiger partial charge in [-0.3, -0.25) is 4.55 Å². The van der Waals surface area contributed by atoms with Crippen molar-refractivity contribution in [1.29, 1.82) is 0 Å². The molecule has 74 valence electrons. The van der Waals surface area contributed by atoms with E-state index in [-0.39, 0.29) is 67.8 Å². The average molecular weight is 244 g/mol. The molecule has 0 unspecified atom stereocenters. The predicted molar refractivity (Wildman–Crippen MR) is 51.6 cm³/mol. The van der Waals surface area contributed by atoms with Crippen molar-refractivity contribution < 1.29 is 22.8 Å². The number of phenolic OH excluding ortho intramolecular Hbond substituents is 1. The Bertz CT molecular complexity index is 414. The molecule has 0 saturated heterocycles. The summed E-state index contributed by atoms with van der Waals surface area (Å²) in [6.07, 6.45) is 0. The van der Waals surface area contributed by atoms with Crippen molar-refractivity contribution in [1.82, 2.24) is 0 Å². The number of ether oxygens (including phenoxy) is 1. The quantitative estimate of drug-likeness (QED) is 0.565. The number of benzene rings is 1. The molecule has 0 aliphatic carbocycles. The summed E-state index contributed by atoms with van der Waals surface area (Å²) < 4.78 is 34.5. The third kappa shape index (κ3) is 3.50. The van der Waals surface area contributed by atoms with Gasteiger partial charge in [-0.1, -0.05) is 0 Å². The number of phenols is 1. The Kier molecular flexibility index (Phi) is 5.59. The molecular formula is C7H9KO5S. The summed E-state index contributed by atoms with van der Waals surface area (Å²) in [7, 11) is -2.93. The summed E-state index contributed by atoms with van der Waals surface area (Å²) in [5, 5.41) is 9.15. The molecule has 14 heavy (non-hydrogen) atoms. The summed E-state index contributed by atoms with van der Waals surface area (Å²) >= 11 is 0. The fraction of sp³-hybridized carbons (Fsp3) is 0.143. The standard InChI is InChI=1S/C7H8O5S.K.H/c1-12-7-3-2-5(4-6(7)8)13(9,10)11;;/h2-4,8H,1H3,(H,9,10,11);;. The molecule has 0 aromatic heterocycles. The zero-order valence-corrected chi connectivity index (χ0v) is 7.58. The van der Waals surface area contributed by atoms with Crippen LogP contribution < -0.4 is 4.74 Å². The van der Waals surface area contributed by atoms with E-state index in [1.807, 2.05) is 0 Å². The second kappa shape index (κ2) is 5.45. The van der Waals surface area contributed by atoms with Crippen molar-refractivity contribution in [2.45, 2.75) is 4.90 Å². The molecule has 0 spiro atoms. The topological polar surface area (TPSA) is 83.8 Å². The third-order valence-corrected chi connectivity index (χ3v) is 2.30. The minimum absolute atomic E-state index is 0. The third-order valence-electron chi connectivity index (χ3n) is 1.45. The molecule has 1 aromatic carbocycles. The van der Waals surface area contributed by atoms with Gasteiger partial charge in [0.1, 0.15) is 0 Å². The van der Waals surface area contributed by atoms with Gasteiger partial charge in [-0.15, -0.1) is 0 Å². The van der Waals surface area contributed by atoms with E-state index in [0.29, 0.717) is 0 Å². The second-order valence-electron chi connectivity index (χ2n) is 2.31. The van der Waals surface area contributed by atoms with E-state index in [1.165, 1.54) is 13.2 Å². The number of rotatable bonds is 2. The van der Waals surface area contributed by atoms with Crippen LogP contribution in [0.5, 0.6) is 11.5 Å². The van der Waals surface area contributed by atoms with Crippen molar-refractivity contribution in [3.63, 3.8) is 0 Å². The molecule has 0 saturated carbocycles. The minimum atomic E-state index is -4.27. The molecule has 1 rings (SSSR count). The molecule has 0 fully saturated rings. The van der Waals surface area contributed by atoms with Gasteiger partial charge < -0.3 is 9.84 Å². The van der Waals surface area contributed by atoms with Crippen LogP contribution in [-0.4, -0.2) is 76.6 Å². The summed E-state index contributed by atoms with van der Waals surface area (Å²) in [5.74, 6) is -0.190. The van der Waals surface area contributed by atoms with Crippen LogP contribution in [0.2, 0.25) is 0 Å². The summed E-state index contributed by atoms with van der Waals surface area (Å²) in [5.41, 5.74) is 0. The molecule has 0 radical (unpaired) electrons. The molecule has 1 aromatic rings. The van der Waals surface area contributed by atoms with Crippen LogP contribution in [0.1, 0.15) is 0 Å². The number of hydrogen-bond donors (Lipinski definition) is 2. The fourth-order valence-electron chi connectivity index (χ4n) is 0.830. The van der Waals surface area contributed by atoms with Crippen LogP contribution in [0.15, 0.2) is 23.1 Å². The first-order valence-electron chi connectivity index (χ1n) is 3.29. The summed E-state index contributed by atoms with van der Waals surface area (Å²) in [6.45, 7) is 0. The van der Waals surface area contributed by atoms with Crippen LogP contribution in [0.3, 0.4) is 0 Å². The Balaban J connectivity index is 0.00000169. The molecule has 5 nitrogen and oxygen atoms in total. The van der Waals surface area contributed by atoms with E-state index in [4.69, 9.17) is 9.66 Å². The number of methoxy groups -OCH3 is 1. The zero-order valence-electron chi connectivity index (χ0n) is 6.76. The van der Waals surface area contributed by atoms with Gasteiger partial charge in [0.05, 0.1) is 12.0 Å². The van der Waals surface area contributed by atoms with Crippen molar-refractivity contribution in [3.05, 3.63) is 18.2 Å². The molecule has 0 aliphatic rings. The molecular weight excluding hydrogens is 235 g/mol. The first-order valence-corrected chi connectivity index (χ1v) is 4.73. The predicted octanol–water partition coefficient (Wildman–Crippen LogP) is -0.00100. The average Bonchev–Trinajstić information content (AvgIpc) is 2.02. The van der Waals surface area contributed by atoms with Gasteiger partial charge in [-0.05, 0) is 12.1 Å². The van der Waals surface area contributed by atoms with E-state index in [2.05, 4.69) is 4.74 Å². The summed E-state index contributed by atoms with van der Waals surface area (Å²) in [6, 6.07) is 3.29. The van der Waals surface area contributed by atoms with Crippen LogP contribution >= 0.6 is 0 Å². The maximum absolute atomic E-state index is 10.6. The van der Waals surface area contributed by atoms with Gasteiger partial charge in [0.25, 0.3) is 10.1 Å². The van der Waals surface area contributed by atoms with Crippen LogP contribution in [0, 0.1) is 0 Å². The zero-order chi connectivity index (χ0) is 10.1. The molecule has 0 bridgehead atoms. The maximum atomic E-state index is 10.6. The SMILES string of the molecule is COc1ccc(S(=O)(=O)O)cc1O.[KH]. The van der Waals surface area contributed by atoms with Crippen molar-refractivity contribution >= 4 is 61.5 Å². The Morgan fingerprint density at radius 3 is 2.29 bits per heavy atom. The van der Waals surface area contributed by atoms with Crippen LogP contribution in [-0.2, 0) is 10.1 Å². The molecule has 0 atom stereocenters. The molecule has 0 aliphatic heterocycles. The van der Waals surface area contributed by atoms with Gasteiger partial charge in [-0.2, -0.15) is 8.42 Å². The first-order chi connectivity index (χ1) is 5.95. The van der Waals surface area contributed by atoms with Crippen molar-refractivity contribution in [3.8, 4) is 11.5 Å². The Morgan fingerprint density at radius 1 is 1.36 bits per heavy atom. The Morgan fingerprint density at radius 2 is 1.93 bits per heavy atom. The van der Waals surface area contributed by atoms with E-state index in [1.54, 1.807) is 0 Å². The van der Waals surface area contributed by atoms with Crippen LogP contribution in [0.25, 0.3) is 0 Å². The fourth-order valence-corrected chi connectivity index (χ4v) is 1.33. The molecule has 0 amide bonds. The number of hydrogen-bond acceptors (Lipinski definition) is 4. The van der Waals surface area contributed by atoms with E-state index >= 15 is 0 Å².